The molecule has 0 radical (unpaired) electrons. The van der Waals surface area contributed by atoms with Gasteiger partial charge in [0.15, 0.2) is 0 Å². The zero-order chi connectivity index (χ0) is 11.5. The Kier molecular flexibility index (Phi) is 3.60. The van der Waals surface area contributed by atoms with E-state index in [0.29, 0.717) is 0 Å². The Morgan fingerprint density at radius 3 is 2.94 bits per heavy atom. The molecule has 16 heavy (non-hydrogen) atoms. The fourth-order valence-electron chi connectivity index (χ4n) is 1.69. The number of aliphatic hydroxyl groups is 1. The van der Waals surface area contributed by atoms with Crippen LogP contribution in [0.1, 0.15) is 24.3 Å². The Bertz CT molecular complexity index is 481. The van der Waals surface area contributed by atoms with Crippen LogP contribution in [-0.2, 0) is 6.54 Å². The first-order chi connectivity index (χ1) is 7.72. The highest BCUT2D eigenvalue weighted by Gasteiger charge is 2.14. The van der Waals surface area contributed by atoms with Gasteiger partial charge in [-0.3, -0.25) is 4.68 Å². The quantitative estimate of drug-likeness (QED) is 0.880. The van der Waals surface area contributed by atoms with Crippen molar-refractivity contribution in [3.8, 4) is 0 Å². The van der Waals surface area contributed by atoms with Crippen molar-refractivity contribution < 1.29 is 5.11 Å². The molecular formula is C12H13IN2O. The summed E-state index contributed by atoms with van der Waals surface area (Å²) in [5.74, 6) is 0. The van der Waals surface area contributed by atoms with Gasteiger partial charge in [0, 0.05) is 16.3 Å². The number of rotatable bonds is 3. The SMILES string of the molecule is CCn1nccc1C(O)c1cccc(I)c1. The van der Waals surface area contributed by atoms with Crippen LogP contribution in [0.3, 0.4) is 0 Å². The molecule has 1 unspecified atom stereocenters. The number of hydrogen-bond acceptors (Lipinski definition) is 2. The maximum Gasteiger partial charge on any atom is 0.121 e. The first-order valence-corrected chi connectivity index (χ1v) is 6.25. The highest BCUT2D eigenvalue weighted by atomic mass is 127. The molecule has 1 atom stereocenters. The van der Waals surface area contributed by atoms with Gasteiger partial charge in [-0.25, -0.2) is 0 Å². The van der Waals surface area contributed by atoms with Crippen LogP contribution in [0.25, 0.3) is 0 Å². The van der Waals surface area contributed by atoms with Gasteiger partial charge in [0.2, 0.25) is 0 Å². The summed E-state index contributed by atoms with van der Waals surface area (Å²) in [6.07, 6.45) is 1.12. The van der Waals surface area contributed by atoms with E-state index in [1.165, 1.54) is 0 Å². The van der Waals surface area contributed by atoms with Gasteiger partial charge in [0.25, 0.3) is 0 Å². The minimum Gasteiger partial charge on any atom is -0.382 e. The van der Waals surface area contributed by atoms with Gasteiger partial charge < -0.3 is 5.11 Å². The van der Waals surface area contributed by atoms with Gasteiger partial charge in [-0.2, -0.15) is 5.10 Å². The first kappa shape index (κ1) is 11.6. The molecule has 0 aliphatic carbocycles. The van der Waals surface area contributed by atoms with E-state index in [9.17, 15) is 5.11 Å². The lowest BCUT2D eigenvalue weighted by atomic mass is 10.1. The lowest BCUT2D eigenvalue weighted by Crippen LogP contribution is -2.09. The molecule has 0 fully saturated rings. The molecule has 0 aliphatic heterocycles. The lowest BCUT2D eigenvalue weighted by molar-refractivity contribution is 0.208. The Morgan fingerprint density at radius 2 is 2.25 bits per heavy atom. The Labute approximate surface area is 108 Å². The monoisotopic (exact) mass is 328 g/mol. The van der Waals surface area contributed by atoms with Crippen molar-refractivity contribution in [1.82, 2.24) is 9.78 Å². The zero-order valence-electron chi connectivity index (χ0n) is 8.97. The van der Waals surface area contributed by atoms with Crippen LogP contribution in [0.2, 0.25) is 0 Å². The normalized spacial score (nSPS) is 12.7. The van der Waals surface area contributed by atoms with Gasteiger partial charge >= 0.3 is 0 Å². The van der Waals surface area contributed by atoms with Crippen molar-refractivity contribution in [1.29, 1.82) is 0 Å². The number of aliphatic hydroxyl groups excluding tert-OH is 1. The topological polar surface area (TPSA) is 38.0 Å². The van der Waals surface area contributed by atoms with Gasteiger partial charge in [0.1, 0.15) is 6.10 Å². The Balaban J connectivity index is 2.35. The predicted octanol–water partition coefficient (Wildman–Crippen LogP) is 2.59. The summed E-state index contributed by atoms with van der Waals surface area (Å²) < 4.78 is 2.93. The Morgan fingerprint density at radius 1 is 1.44 bits per heavy atom. The van der Waals surface area contributed by atoms with Gasteiger partial charge in [0.05, 0.1) is 5.69 Å². The molecule has 84 valence electrons. The van der Waals surface area contributed by atoms with Crippen LogP contribution >= 0.6 is 22.6 Å². The number of hydrogen-bond donors (Lipinski definition) is 1. The smallest absolute Gasteiger partial charge is 0.121 e. The third-order valence-electron chi connectivity index (χ3n) is 2.49. The van der Waals surface area contributed by atoms with Crippen LogP contribution in [0.5, 0.6) is 0 Å². The highest BCUT2D eigenvalue weighted by Crippen LogP contribution is 2.22. The van der Waals surface area contributed by atoms with E-state index in [1.807, 2.05) is 41.9 Å². The summed E-state index contributed by atoms with van der Waals surface area (Å²) >= 11 is 2.24. The second kappa shape index (κ2) is 4.97. The van der Waals surface area contributed by atoms with Gasteiger partial charge in [-0.1, -0.05) is 12.1 Å². The molecule has 1 aromatic heterocycles. The van der Waals surface area contributed by atoms with Crippen LogP contribution < -0.4 is 0 Å². The van der Waals surface area contributed by atoms with Crippen molar-refractivity contribution in [2.75, 3.05) is 0 Å². The maximum atomic E-state index is 10.3. The summed E-state index contributed by atoms with van der Waals surface area (Å²) in [5, 5.41) is 14.4. The number of halogens is 1. The third-order valence-corrected chi connectivity index (χ3v) is 3.16. The average molecular weight is 328 g/mol. The minimum absolute atomic E-state index is 0.600. The van der Waals surface area contributed by atoms with Crippen LogP contribution in [0.15, 0.2) is 36.5 Å². The second-order valence-electron chi connectivity index (χ2n) is 3.53. The van der Waals surface area contributed by atoms with Crippen molar-refractivity contribution in [2.45, 2.75) is 19.6 Å². The van der Waals surface area contributed by atoms with E-state index in [4.69, 9.17) is 0 Å². The minimum atomic E-state index is -0.600. The number of aryl methyl sites for hydroxylation is 1. The van der Waals surface area contributed by atoms with Crippen molar-refractivity contribution in [3.63, 3.8) is 0 Å². The molecule has 4 heteroatoms. The molecule has 0 bridgehead atoms. The molecule has 0 amide bonds. The van der Waals surface area contributed by atoms with Crippen LogP contribution in [0.4, 0.5) is 0 Å². The highest BCUT2D eigenvalue weighted by molar-refractivity contribution is 14.1. The fraction of sp³-hybridized carbons (Fsp3) is 0.250. The van der Waals surface area contributed by atoms with Crippen molar-refractivity contribution in [3.05, 3.63) is 51.4 Å². The molecule has 3 nitrogen and oxygen atoms in total. The van der Waals surface area contributed by atoms with E-state index in [2.05, 4.69) is 27.7 Å². The molecule has 2 rings (SSSR count). The summed E-state index contributed by atoms with van der Waals surface area (Å²) in [6.45, 7) is 2.78. The van der Waals surface area contributed by atoms with Crippen LogP contribution in [0, 0.1) is 3.57 Å². The fourth-order valence-corrected chi connectivity index (χ4v) is 2.25. The molecule has 2 aromatic rings. The predicted molar refractivity (Wildman–Crippen MR) is 71.1 cm³/mol. The van der Waals surface area contributed by atoms with Crippen molar-refractivity contribution in [2.24, 2.45) is 0 Å². The van der Waals surface area contributed by atoms with E-state index in [1.54, 1.807) is 6.20 Å². The maximum absolute atomic E-state index is 10.3. The molecule has 1 heterocycles. The third kappa shape index (κ3) is 2.27. The Hall–Kier alpha value is -0.880. The van der Waals surface area contributed by atoms with Gasteiger partial charge in [-0.05, 0) is 53.3 Å². The molecule has 0 saturated heterocycles. The molecule has 0 saturated carbocycles. The van der Waals surface area contributed by atoms with E-state index >= 15 is 0 Å². The molecule has 1 aromatic carbocycles. The van der Waals surface area contributed by atoms with E-state index in [-0.39, 0.29) is 0 Å². The van der Waals surface area contributed by atoms with E-state index in [0.717, 1.165) is 21.4 Å². The molecule has 0 spiro atoms. The summed E-state index contributed by atoms with van der Waals surface area (Å²) in [7, 11) is 0. The van der Waals surface area contributed by atoms with E-state index < -0.39 is 6.10 Å². The summed E-state index contributed by atoms with van der Waals surface area (Å²) in [5.41, 5.74) is 1.74. The summed E-state index contributed by atoms with van der Waals surface area (Å²) in [4.78, 5) is 0. The molecule has 1 N–H and O–H groups in total. The average Bonchev–Trinajstić information content (AvgIpc) is 2.76. The summed E-state index contributed by atoms with van der Waals surface area (Å²) in [6, 6.07) is 9.73. The molecular weight excluding hydrogens is 315 g/mol. The largest absolute Gasteiger partial charge is 0.382 e. The molecule has 0 aliphatic rings. The number of benzene rings is 1. The number of aromatic nitrogens is 2. The van der Waals surface area contributed by atoms with Crippen LogP contribution in [-0.4, -0.2) is 14.9 Å². The lowest BCUT2D eigenvalue weighted by Gasteiger charge is -2.12. The second-order valence-corrected chi connectivity index (χ2v) is 4.78. The zero-order valence-corrected chi connectivity index (χ0v) is 11.1. The van der Waals surface area contributed by atoms with Crippen molar-refractivity contribution >= 4 is 22.6 Å². The van der Waals surface area contributed by atoms with Gasteiger partial charge in [-0.15, -0.1) is 0 Å². The number of nitrogens with zero attached hydrogens (tertiary/aromatic N) is 2. The first-order valence-electron chi connectivity index (χ1n) is 5.17. The standard InChI is InChI=1S/C12H13IN2O/c1-2-15-11(6-7-14-15)12(16)9-4-3-5-10(13)8-9/h3-8,12,16H,2H2,1H3.